The van der Waals surface area contributed by atoms with E-state index in [1.165, 1.54) is 0 Å². The molecule has 0 heterocycles. The molecule has 0 aliphatic rings. The third-order valence-corrected chi connectivity index (χ3v) is 0.484. The van der Waals surface area contributed by atoms with E-state index < -0.39 is 5.97 Å². The topological polar surface area (TPSA) is 37.3 Å². The predicted octanol–water partition coefficient (Wildman–Crippen LogP) is 1.19. The first-order valence-corrected chi connectivity index (χ1v) is 2.26. The molecular formula is C6H8O2. The highest BCUT2D eigenvalue weighted by Gasteiger charge is 1.79. The molecule has 0 bridgehead atoms. The van der Waals surface area contributed by atoms with Crippen molar-refractivity contribution in [3.8, 4) is 0 Å². The van der Waals surface area contributed by atoms with Crippen LogP contribution in [0.5, 0.6) is 0 Å². The van der Waals surface area contributed by atoms with E-state index in [9.17, 15) is 4.79 Å². The maximum atomic E-state index is 9.77. The molecule has 44 valence electrons. The van der Waals surface area contributed by atoms with E-state index in [1.807, 2.05) is 0 Å². The fourth-order valence-electron chi connectivity index (χ4n) is 0.206. The second-order valence-electron chi connectivity index (χ2n) is 1.63. The number of rotatable bonds is 1. The van der Waals surface area contributed by atoms with E-state index >= 15 is 0 Å². The highest BCUT2D eigenvalue weighted by Crippen LogP contribution is 1.81. The summed E-state index contributed by atoms with van der Waals surface area (Å²) in [5.74, 6) is -0.953. The largest absolute Gasteiger partial charge is 0.478 e. The second kappa shape index (κ2) is 3.05. The molecular weight excluding hydrogens is 104 g/mol. The molecule has 0 unspecified atom stereocenters. The summed E-state index contributed by atoms with van der Waals surface area (Å²) in [6, 6.07) is 0. The molecule has 0 radical (unpaired) electrons. The van der Waals surface area contributed by atoms with Gasteiger partial charge in [0.2, 0.25) is 0 Å². The Hall–Kier alpha value is -1.01. The Balaban J connectivity index is 4.03. The first-order valence-electron chi connectivity index (χ1n) is 2.26. The van der Waals surface area contributed by atoms with Gasteiger partial charge < -0.3 is 5.11 Å². The smallest absolute Gasteiger partial charge is 0.336 e. The quantitative estimate of drug-likeness (QED) is 0.408. The first-order chi connectivity index (χ1) is 3.63. The van der Waals surface area contributed by atoms with Crippen LogP contribution >= 0.6 is 0 Å². The maximum Gasteiger partial charge on any atom is 0.336 e. The van der Waals surface area contributed by atoms with Gasteiger partial charge in [-0.15, -0.1) is 5.73 Å². The highest BCUT2D eigenvalue weighted by atomic mass is 16.4. The molecule has 0 aliphatic carbocycles. The van der Waals surface area contributed by atoms with E-state index in [0.29, 0.717) is 0 Å². The summed E-state index contributed by atoms with van der Waals surface area (Å²) < 4.78 is 0. The summed E-state index contributed by atoms with van der Waals surface area (Å²) in [6.07, 6.45) is 0.995. The van der Waals surface area contributed by atoms with Crippen LogP contribution in [0.1, 0.15) is 13.8 Å². The average molecular weight is 112 g/mol. The standard InChI is InChI=1S/C6H8O2/c1-5(2)3-4-6(7)8/h4H,1-2H3,(H,7,8). The molecule has 0 fully saturated rings. The van der Waals surface area contributed by atoms with Crippen LogP contribution in [0.4, 0.5) is 0 Å². The Bertz CT molecular complexity index is 146. The molecule has 2 heteroatoms. The monoisotopic (exact) mass is 112 g/mol. The van der Waals surface area contributed by atoms with E-state index in [1.54, 1.807) is 13.8 Å². The second-order valence-corrected chi connectivity index (χ2v) is 1.63. The van der Waals surface area contributed by atoms with Crippen molar-refractivity contribution in [3.05, 3.63) is 17.4 Å². The minimum absolute atomic E-state index is 0.868. The van der Waals surface area contributed by atoms with Crippen LogP contribution in [0.25, 0.3) is 0 Å². The normalized spacial score (nSPS) is 7.25. The lowest BCUT2D eigenvalue weighted by atomic mass is 10.4. The lowest BCUT2D eigenvalue weighted by Gasteiger charge is -1.74. The van der Waals surface area contributed by atoms with Crippen molar-refractivity contribution in [3.63, 3.8) is 0 Å². The number of aliphatic carboxylic acids is 1. The van der Waals surface area contributed by atoms with Gasteiger partial charge in [-0.3, -0.25) is 0 Å². The maximum absolute atomic E-state index is 9.77. The van der Waals surface area contributed by atoms with E-state index in [4.69, 9.17) is 5.11 Å². The Kier molecular flexibility index (Phi) is 2.67. The number of carbonyl (C=O) groups is 1. The molecule has 0 aromatic heterocycles. The molecule has 0 aromatic rings. The SMILES string of the molecule is CC(C)=C=CC(=O)O. The number of carboxylic acids is 1. The molecule has 0 atom stereocenters. The van der Waals surface area contributed by atoms with Gasteiger partial charge in [0.15, 0.2) is 0 Å². The Morgan fingerprint density at radius 1 is 1.62 bits per heavy atom. The van der Waals surface area contributed by atoms with Crippen LogP contribution in [-0.4, -0.2) is 11.1 Å². The Labute approximate surface area is 48.1 Å². The van der Waals surface area contributed by atoms with Crippen LogP contribution in [0.2, 0.25) is 0 Å². The predicted molar refractivity (Wildman–Crippen MR) is 30.6 cm³/mol. The zero-order chi connectivity index (χ0) is 6.57. The molecule has 0 spiro atoms. The summed E-state index contributed by atoms with van der Waals surface area (Å²) in [4.78, 5) is 9.77. The van der Waals surface area contributed by atoms with Crippen molar-refractivity contribution >= 4 is 5.97 Å². The lowest BCUT2D eigenvalue weighted by Crippen LogP contribution is -1.83. The fourth-order valence-corrected chi connectivity index (χ4v) is 0.206. The van der Waals surface area contributed by atoms with Gasteiger partial charge in [0, 0.05) is 0 Å². The molecule has 2 nitrogen and oxygen atoms in total. The van der Waals surface area contributed by atoms with E-state index in [2.05, 4.69) is 5.73 Å². The Morgan fingerprint density at radius 2 is 2.12 bits per heavy atom. The van der Waals surface area contributed by atoms with Crippen LogP contribution in [-0.2, 0) is 4.79 Å². The average Bonchev–Trinajstić information content (AvgIpc) is 1.61. The summed E-state index contributed by atoms with van der Waals surface area (Å²) in [5, 5.41) is 8.03. The van der Waals surface area contributed by atoms with Gasteiger partial charge in [-0.1, -0.05) is 0 Å². The third-order valence-electron chi connectivity index (χ3n) is 0.484. The van der Waals surface area contributed by atoms with Gasteiger partial charge in [-0.2, -0.15) is 0 Å². The van der Waals surface area contributed by atoms with Gasteiger partial charge in [-0.25, -0.2) is 4.79 Å². The summed E-state index contributed by atoms with van der Waals surface area (Å²) >= 11 is 0. The molecule has 0 aliphatic heterocycles. The van der Waals surface area contributed by atoms with Crippen molar-refractivity contribution in [2.24, 2.45) is 0 Å². The minimum atomic E-state index is -0.953. The first kappa shape index (κ1) is 6.99. The van der Waals surface area contributed by atoms with Gasteiger partial charge in [-0.05, 0) is 19.4 Å². The molecule has 1 N–H and O–H groups in total. The minimum Gasteiger partial charge on any atom is -0.478 e. The van der Waals surface area contributed by atoms with Crippen molar-refractivity contribution in [1.82, 2.24) is 0 Å². The summed E-state index contributed by atoms with van der Waals surface area (Å²) in [7, 11) is 0. The highest BCUT2D eigenvalue weighted by molar-refractivity contribution is 5.79. The lowest BCUT2D eigenvalue weighted by molar-refractivity contribution is -0.131. The fraction of sp³-hybridized carbons (Fsp3) is 0.333. The number of carboxylic acid groups (broad SMARTS) is 1. The van der Waals surface area contributed by atoms with Crippen LogP contribution in [0.15, 0.2) is 17.4 Å². The Morgan fingerprint density at radius 3 is 2.25 bits per heavy atom. The van der Waals surface area contributed by atoms with Crippen molar-refractivity contribution < 1.29 is 9.90 Å². The zero-order valence-corrected chi connectivity index (χ0v) is 4.93. The molecule has 8 heavy (non-hydrogen) atoms. The van der Waals surface area contributed by atoms with Crippen LogP contribution in [0, 0.1) is 0 Å². The van der Waals surface area contributed by atoms with Gasteiger partial charge in [0.1, 0.15) is 0 Å². The number of hydrogen-bond donors (Lipinski definition) is 1. The van der Waals surface area contributed by atoms with Gasteiger partial charge in [0.25, 0.3) is 0 Å². The summed E-state index contributed by atoms with van der Waals surface area (Å²) in [6.45, 7) is 3.58. The molecule has 0 amide bonds. The molecule has 0 rings (SSSR count). The van der Waals surface area contributed by atoms with E-state index in [-0.39, 0.29) is 0 Å². The molecule has 0 saturated heterocycles. The van der Waals surface area contributed by atoms with Crippen LogP contribution < -0.4 is 0 Å². The van der Waals surface area contributed by atoms with Crippen LogP contribution in [0.3, 0.4) is 0 Å². The van der Waals surface area contributed by atoms with Crippen molar-refractivity contribution in [2.75, 3.05) is 0 Å². The number of hydrogen-bond acceptors (Lipinski definition) is 1. The van der Waals surface area contributed by atoms with E-state index in [0.717, 1.165) is 11.6 Å². The summed E-state index contributed by atoms with van der Waals surface area (Å²) in [5.41, 5.74) is 3.40. The third kappa shape index (κ3) is 4.99. The molecule has 0 aromatic carbocycles. The van der Waals surface area contributed by atoms with Gasteiger partial charge >= 0.3 is 5.97 Å². The molecule has 0 saturated carbocycles. The zero-order valence-electron chi connectivity index (χ0n) is 4.93. The van der Waals surface area contributed by atoms with Gasteiger partial charge in [0.05, 0.1) is 6.08 Å². The van der Waals surface area contributed by atoms with Crippen molar-refractivity contribution in [1.29, 1.82) is 0 Å². The van der Waals surface area contributed by atoms with Crippen molar-refractivity contribution in [2.45, 2.75) is 13.8 Å².